The van der Waals surface area contributed by atoms with Gasteiger partial charge in [0.15, 0.2) is 0 Å². The minimum absolute atomic E-state index is 0.0578. The summed E-state index contributed by atoms with van der Waals surface area (Å²) in [4.78, 5) is 24.9. The lowest BCUT2D eigenvalue weighted by atomic mass is 10.1. The topological polar surface area (TPSA) is 46.6 Å². The summed E-state index contributed by atoms with van der Waals surface area (Å²) in [5.74, 6) is -0.659. The Morgan fingerprint density at radius 3 is 2.61 bits per heavy atom. The third-order valence-corrected chi connectivity index (χ3v) is 3.12. The molecule has 1 amide bonds. The summed E-state index contributed by atoms with van der Waals surface area (Å²) < 4.78 is 4.56. The van der Waals surface area contributed by atoms with Gasteiger partial charge in [-0.15, -0.1) is 0 Å². The van der Waals surface area contributed by atoms with E-state index in [0.29, 0.717) is 22.7 Å². The van der Waals surface area contributed by atoms with Gasteiger partial charge in [0, 0.05) is 17.1 Å². The molecule has 0 radical (unpaired) electrons. The highest BCUT2D eigenvalue weighted by molar-refractivity contribution is 6.31. The average Bonchev–Trinajstić information content (AvgIpc) is 2.38. The number of amides is 1. The first-order chi connectivity index (χ1) is 8.51. The summed E-state index contributed by atoms with van der Waals surface area (Å²) in [6.45, 7) is 3.96. The number of benzene rings is 1. The van der Waals surface area contributed by atoms with Crippen molar-refractivity contribution in [3.63, 3.8) is 0 Å². The minimum Gasteiger partial charge on any atom is -0.468 e. The molecule has 0 saturated carbocycles. The zero-order valence-corrected chi connectivity index (χ0v) is 11.5. The van der Waals surface area contributed by atoms with Crippen LogP contribution in [0.3, 0.4) is 0 Å². The fourth-order valence-electron chi connectivity index (χ4n) is 1.56. The van der Waals surface area contributed by atoms with Gasteiger partial charge in [0.2, 0.25) is 0 Å². The van der Waals surface area contributed by atoms with Gasteiger partial charge < -0.3 is 9.64 Å². The predicted octanol–water partition coefficient (Wildman–Crippen LogP) is 2.28. The molecule has 98 valence electrons. The molecule has 1 aromatic rings. The Kier molecular flexibility index (Phi) is 5.16. The molecule has 0 aliphatic rings. The molecule has 5 heteroatoms. The van der Waals surface area contributed by atoms with Crippen LogP contribution in [0.15, 0.2) is 18.2 Å². The number of methoxy groups -OCH3 is 1. The van der Waals surface area contributed by atoms with Crippen LogP contribution in [0, 0.1) is 6.92 Å². The molecule has 0 aliphatic carbocycles. The molecule has 0 aromatic heterocycles. The molecule has 0 saturated heterocycles. The number of carbonyl (C=O) groups excluding carboxylic acids is 2. The molecule has 0 aliphatic heterocycles. The SMILES string of the molecule is CCN(CC(=O)OC)C(=O)c1cccc(Cl)c1C. The van der Waals surface area contributed by atoms with E-state index in [1.165, 1.54) is 12.0 Å². The Morgan fingerprint density at radius 1 is 1.39 bits per heavy atom. The van der Waals surface area contributed by atoms with Crippen molar-refractivity contribution < 1.29 is 14.3 Å². The van der Waals surface area contributed by atoms with Crippen molar-refractivity contribution in [3.8, 4) is 0 Å². The number of ether oxygens (including phenoxy) is 1. The van der Waals surface area contributed by atoms with Crippen LogP contribution in [0.25, 0.3) is 0 Å². The second kappa shape index (κ2) is 6.40. The van der Waals surface area contributed by atoms with Gasteiger partial charge >= 0.3 is 5.97 Å². The second-order valence-electron chi connectivity index (χ2n) is 3.81. The highest BCUT2D eigenvalue weighted by Crippen LogP contribution is 2.20. The summed E-state index contributed by atoms with van der Waals surface area (Å²) in [6.07, 6.45) is 0. The van der Waals surface area contributed by atoms with Gasteiger partial charge in [-0.05, 0) is 31.5 Å². The monoisotopic (exact) mass is 269 g/mol. The molecule has 0 unspecified atom stereocenters. The third-order valence-electron chi connectivity index (χ3n) is 2.71. The Hall–Kier alpha value is -1.55. The van der Waals surface area contributed by atoms with E-state index in [1.54, 1.807) is 32.0 Å². The number of rotatable bonds is 4. The maximum absolute atomic E-state index is 12.3. The van der Waals surface area contributed by atoms with E-state index in [9.17, 15) is 9.59 Å². The van der Waals surface area contributed by atoms with E-state index < -0.39 is 5.97 Å². The molecule has 0 heterocycles. The predicted molar refractivity (Wildman–Crippen MR) is 69.8 cm³/mol. The summed E-state index contributed by atoms with van der Waals surface area (Å²) in [6, 6.07) is 5.14. The maximum atomic E-state index is 12.3. The Morgan fingerprint density at radius 2 is 2.06 bits per heavy atom. The van der Waals surface area contributed by atoms with Crippen LogP contribution in [0.5, 0.6) is 0 Å². The van der Waals surface area contributed by atoms with Crippen molar-refractivity contribution in [2.75, 3.05) is 20.2 Å². The molecule has 4 nitrogen and oxygen atoms in total. The number of hydrogen-bond acceptors (Lipinski definition) is 3. The zero-order valence-electron chi connectivity index (χ0n) is 10.7. The van der Waals surface area contributed by atoms with E-state index in [1.807, 2.05) is 0 Å². The van der Waals surface area contributed by atoms with Crippen molar-refractivity contribution in [2.45, 2.75) is 13.8 Å². The fourth-order valence-corrected chi connectivity index (χ4v) is 1.73. The van der Waals surface area contributed by atoms with Crippen molar-refractivity contribution in [2.24, 2.45) is 0 Å². The number of halogens is 1. The molecule has 0 bridgehead atoms. The third kappa shape index (κ3) is 3.23. The van der Waals surface area contributed by atoms with E-state index in [-0.39, 0.29) is 12.5 Å². The Bertz CT molecular complexity index is 460. The molecular weight excluding hydrogens is 254 g/mol. The van der Waals surface area contributed by atoms with Crippen LogP contribution in [-0.2, 0) is 9.53 Å². The van der Waals surface area contributed by atoms with Crippen molar-refractivity contribution in [1.82, 2.24) is 4.90 Å². The van der Waals surface area contributed by atoms with Crippen LogP contribution in [-0.4, -0.2) is 37.0 Å². The molecule has 0 fully saturated rings. The number of likely N-dealkylation sites (N-methyl/N-ethyl adjacent to an activating group) is 1. The smallest absolute Gasteiger partial charge is 0.325 e. The highest BCUT2D eigenvalue weighted by atomic mass is 35.5. The zero-order chi connectivity index (χ0) is 13.7. The van der Waals surface area contributed by atoms with E-state index in [4.69, 9.17) is 11.6 Å². The van der Waals surface area contributed by atoms with Gasteiger partial charge in [0.05, 0.1) is 7.11 Å². The van der Waals surface area contributed by atoms with E-state index >= 15 is 0 Å². The lowest BCUT2D eigenvalue weighted by molar-refractivity contribution is -0.141. The second-order valence-corrected chi connectivity index (χ2v) is 4.22. The van der Waals surface area contributed by atoms with Crippen molar-refractivity contribution in [1.29, 1.82) is 0 Å². The van der Waals surface area contributed by atoms with Crippen LogP contribution in [0.4, 0.5) is 0 Å². The van der Waals surface area contributed by atoms with Gasteiger partial charge in [-0.2, -0.15) is 0 Å². The number of hydrogen-bond donors (Lipinski definition) is 0. The first kappa shape index (κ1) is 14.5. The average molecular weight is 270 g/mol. The first-order valence-electron chi connectivity index (χ1n) is 5.62. The lowest BCUT2D eigenvalue weighted by Gasteiger charge is -2.20. The molecule has 18 heavy (non-hydrogen) atoms. The summed E-state index contributed by atoms with van der Waals surface area (Å²) >= 11 is 5.98. The lowest BCUT2D eigenvalue weighted by Crippen LogP contribution is -2.36. The van der Waals surface area contributed by atoms with Crippen LogP contribution >= 0.6 is 11.6 Å². The van der Waals surface area contributed by atoms with Crippen LogP contribution in [0.2, 0.25) is 5.02 Å². The normalized spacial score (nSPS) is 10.0. The Balaban J connectivity index is 2.97. The number of nitrogens with zero attached hydrogens (tertiary/aromatic N) is 1. The molecule has 0 N–H and O–H groups in total. The number of carbonyl (C=O) groups is 2. The number of esters is 1. The standard InChI is InChI=1S/C13H16ClNO3/c1-4-15(8-12(16)18-3)13(17)10-6-5-7-11(14)9(10)2/h5-7H,4,8H2,1-3H3. The maximum Gasteiger partial charge on any atom is 0.325 e. The van der Waals surface area contributed by atoms with Crippen LogP contribution in [0.1, 0.15) is 22.8 Å². The van der Waals surface area contributed by atoms with Crippen molar-refractivity contribution >= 4 is 23.5 Å². The summed E-state index contributed by atoms with van der Waals surface area (Å²) in [7, 11) is 1.30. The van der Waals surface area contributed by atoms with Gasteiger partial charge in [0.1, 0.15) is 6.54 Å². The minimum atomic E-state index is -0.440. The summed E-state index contributed by atoms with van der Waals surface area (Å²) in [5.41, 5.74) is 1.22. The van der Waals surface area contributed by atoms with E-state index in [2.05, 4.69) is 4.74 Å². The fraction of sp³-hybridized carbons (Fsp3) is 0.385. The molecule has 0 spiro atoms. The first-order valence-corrected chi connectivity index (χ1v) is 6.00. The highest BCUT2D eigenvalue weighted by Gasteiger charge is 2.19. The summed E-state index contributed by atoms with van der Waals surface area (Å²) in [5, 5.41) is 0.537. The quantitative estimate of drug-likeness (QED) is 0.788. The molecule has 1 aromatic carbocycles. The van der Waals surface area contributed by atoms with Gasteiger partial charge in [-0.3, -0.25) is 9.59 Å². The largest absolute Gasteiger partial charge is 0.468 e. The van der Waals surface area contributed by atoms with Crippen LogP contribution < -0.4 is 0 Å². The molecule has 0 atom stereocenters. The van der Waals surface area contributed by atoms with Crippen molar-refractivity contribution in [3.05, 3.63) is 34.3 Å². The molecule has 1 rings (SSSR count). The van der Waals surface area contributed by atoms with Gasteiger partial charge in [-0.25, -0.2) is 0 Å². The van der Waals surface area contributed by atoms with Gasteiger partial charge in [0.25, 0.3) is 5.91 Å². The van der Waals surface area contributed by atoms with E-state index in [0.717, 1.165) is 0 Å². The molecular formula is C13H16ClNO3. The van der Waals surface area contributed by atoms with Gasteiger partial charge in [-0.1, -0.05) is 17.7 Å². The Labute approximate surface area is 111 Å².